The molecule has 15 heavy (non-hydrogen) atoms. The minimum atomic E-state index is 0.772. The zero-order valence-corrected chi connectivity index (χ0v) is 10.1. The maximum absolute atomic E-state index is 5.33. The van der Waals surface area contributed by atoms with Crippen molar-refractivity contribution in [3.8, 4) is 5.88 Å². The maximum atomic E-state index is 5.33. The Morgan fingerprint density at radius 1 is 1.33 bits per heavy atom. The van der Waals surface area contributed by atoms with Crippen molar-refractivity contribution >= 4 is 21.4 Å². The van der Waals surface area contributed by atoms with Gasteiger partial charge in [-0.3, -0.25) is 0 Å². The van der Waals surface area contributed by atoms with E-state index in [0.717, 1.165) is 18.7 Å². The molecule has 80 valence electrons. The number of aryl methyl sites for hydroxylation is 2. The molecule has 0 N–H and O–H groups in total. The summed E-state index contributed by atoms with van der Waals surface area (Å²) in [6, 6.07) is 2.17. The molecule has 0 bridgehead atoms. The minimum absolute atomic E-state index is 0.772. The molecule has 2 heterocycles. The van der Waals surface area contributed by atoms with Crippen LogP contribution in [0.15, 0.2) is 11.4 Å². The first kappa shape index (κ1) is 10.4. The van der Waals surface area contributed by atoms with Gasteiger partial charge in [-0.25, -0.2) is 4.98 Å². The first-order valence-electron chi connectivity index (χ1n) is 5.24. The Bertz CT molecular complexity index is 476. The monoisotopic (exact) mass is 221 g/mol. The summed E-state index contributed by atoms with van der Waals surface area (Å²) in [7, 11) is 1.69. The largest absolute Gasteiger partial charge is 0.480 e. The molecule has 0 aliphatic carbocycles. The van der Waals surface area contributed by atoms with E-state index in [9.17, 15) is 0 Å². The fraction of sp³-hybridized carbons (Fsp3) is 0.417. The lowest BCUT2D eigenvalue weighted by Gasteiger charge is -2.09. The smallest absolute Gasteiger partial charge is 0.231 e. The van der Waals surface area contributed by atoms with Gasteiger partial charge in [0.2, 0.25) is 5.88 Å². The van der Waals surface area contributed by atoms with Crippen molar-refractivity contribution in [3.63, 3.8) is 0 Å². The van der Waals surface area contributed by atoms with Crippen molar-refractivity contribution in [1.82, 2.24) is 4.98 Å². The van der Waals surface area contributed by atoms with Gasteiger partial charge in [-0.05, 0) is 29.9 Å². The lowest BCUT2D eigenvalue weighted by Crippen LogP contribution is -1.99. The quantitative estimate of drug-likeness (QED) is 0.792. The highest BCUT2D eigenvalue weighted by molar-refractivity contribution is 7.17. The van der Waals surface area contributed by atoms with Crippen molar-refractivity contribution in [2.45, 2.75) is 26.7 Å². The minimum Gasteiger partial charge on any atom is -0.480 e. The summed E-state index contributed by atoms with van der Waals surface area (Å²) in [5.74, 6) is 0.772. The SMILES string of the molecule is CCc1nc(OC)c2sccc2c1CC. The van der Waals surface area contributed by atoms with Crippen molar-refractivity contribution in [2.24, 2.45) is 0 Å². The van der Waals surface area contributed by atoms with Crippen LogP contribution in [-0.4, -0.2) is 12.1 Å². The molecule has 0 radical (unpaired) electrons. The summed E-state index contributed by atoms with van der Waals surface area (Å²) >= 11 is 1.70. The number of methoxy groups -OCH3 is 1. The number of hydrogen-bond acceptors (Lipinski definition) is 3. The van der Waals surface area contributed by atoms with E-state index in [4.69, 9.17) is 4.74 Å². The first-order chi connectivity index (χ1) is 7.31. The van der Waals surface area contributed by atoms with Crippen molar-refractivity contribution in [3.05, 3.63) is 22.7 Å². The van der Waals surface area contributed by atoms with Crippen molar-refractivity contribution in [1.29, 1.82) is 0 Å². The lowest BCUT2D eigenvalue weighted by atomic mass is 10.1. The van der Waals surface area contributed by atoms with Gasteiger partial charge in [-0.2, -0.15) is 0 Å². The van der Waals surface area contributed by atoms with Crippen LogP contribution in [0.1, 0.15) is 25.1 Å². The molecule has 3 heteroatoms. The highest BCUT2D eigenvalue weighted by Crippen LogP contribution is 2.33. The van der Waals surface area contributed by atoms with E-state index < -0.39 is 0 Å². The topological polar surface area (TPSA) is 22.1 Å². The predicted molar refractivity (Wildman–Crippen MR) is 64.9 cm³/mol. The number of rotatable bonds is 3. The second kappa shape index (κ2) is 4.19. The van der Waals surface area contributed by atoms with Crippen LogP contribution in [0.5, 0.6) is 5.88 Å². The fourth-order valence-corrected chi connectivity index (χ4v) is 2.82. The van der Waals surface area contributed by atoms with Gasteiger partial charge in [0.15, 0.2) is 0 Å². The van der Waals surface area contributed by atoms with Gasteiger partial charge in [0.25, 0.3) is 0 Å². The molecule has 0 aromatic carbocycles. The Morgan fingerprint density at radius 3 is 2.73 bits per heavy atom. The predicted octanol–water partition coefficient (Wildman–Crippen LogP) is 3.43. The van der Waals surface area contributed by atoms with Crippen LogP contribution in [0, 0.1) is 0 Å². The molecule has 0 amide bonds. The maximum Gasteiger partial charge on any atom is 0.231 e. The summed E-state index contributed by atoms with van der Waals surface area (Å²) < 4.78 is 6.50. The Labute approximate surface area is 93.9 Å². The first-order valence-corrected chi connectivity index (χ1v) is 6.12. The molecule has 0 aliphatic heterocycles. The summed E-state index contributed by atoms with van der Waals surface area (Å²) in [4.78, 5) is 4.57. The van der Waals surface area contributed by atoms with Crippen LogP contribution < -0.4 is 4.74 Å². The number of pyridine rings is 1. The molecule has 2 aromatic heterocycles. The summed E-state index contributed by atoms with van der Waals surface area (Å²) in [5, 5.41) is 3.42. The summed E-state index contributed by atoms with van der Waals surface area (Å²) in [6.45, 7) is 4.32. The number of fused-ring (bicyclic) bond motifs is 1. The van der Waals surface area contributed by atoms with Crippen LogP contribution in [0.3, 0.4) is 0 Å². The molecular weight excluding hydrogens is 206 g/mol. The van der Waals surface area contributed by atoms with E-state index in [0.29, 0.717) is 0 Å². The number of hydrogen-bond donors (Lipinski definition) is 0. The molecule has 0 spiro atoms. The summed E-state index contributed by atoms with van der Waals surface area (Å²) in [6.07, 6.45) is 2.00. The number of thiophene rings is 1. The van der Waals surface area contributed by atoms with Crippen LogP contribution in [-0.2, 0) is 12.8 Å². The third-order valence-electron chi connectivity index (χ3n) is 2.65. The van der Waals surface area contributed by atoms with Gasteiger partial charge in [-0.1, -0.05) is 13.8 Å². The zero-order valence-electron chi connectivity index (χ0n) is 9.33. The standard InChI is InChI=1S/C12H15NOS/c1-4-8-9-6-7-15-11(9)12(14-3)13-10(8)5-2/h6-7H,4-5H2,1-3H3. The number of aromatic nitrogens is 1. The molecule has 2 nitrogen and oxygen atoms in total. The van der Waals surface area contributed by atoms with Crippen LogP contribution >= 0.6 is 11.3 Å². The Hall–Kier alpha value is -1.09. The highest BCUT2D eigenvalue weighted by atomic mass is 32.1. The molecule has 2 rings (SSSR count). The average Bonchev–Trinajstić information content (AvgIpc) is 2.75. The van der Waals surface area contributed by atoms with E-state index in [1.165, 1.54) is 21.3 Å². The van der Waals surface area contributed by atoms with Crippen molar-refractivity contribution < 1.29 is 4.74 Å². The van der Waals surface area contributed by atoms with E-state index in [-0.39, 0.29) is 0 Å². The zero-order chi connectivity index (χ0) is 10.8. The Kier molecular flexibility index (Phi) is 2.91. The molecule has 2 aromatic rings. The van der Waals surface area contributed by atoms with Gasteiger partial charge >= 0.3 is 0 Å². The Balaban J connectivity index is 2.78. The van der Waals surface area contributed by atoms with E-state index in [1.54, 1.807) is 18.4 Å². The molecule has 0 aliphatic rings. The van der Waals surface area contributed by atoms with E-state index >= 15 is 0 Å². The molecule has 0 unspecified atom stereocenters. The Morgan fingerprint density at radius 2 is 2.13 bits per heavy atom. The molecule has 0 atom stereocenters. The number of ether oxygens (including phenoxy) is 1. The highest BCUT2D eigenvalue weighted by Gasteiger charge is 2.12. The lowest BCUT2D eigenvalue weighted by molar-refractivity contribution is 0.402. The fourth-order valence-electron chi connectivity index (χ4n) is 1.93. The van der Waals surface area contributed by atoms with Gasteiger partial charge in [0.1, 0.15) is 0 Å². The van der Waals surface area contributed by atoms with Gasteiger partial charge in [-0.15, -0.1) is 11.3 Å². The average molecular weight is 221 g/mol. The molecule has 0 fully saturated rings. The van der Waals surface area contributed by atoms with E-state index in [1.807, 2.05) is 0 Å². The van der Waals surface area contributed by atoms with Gasteiger partial charge in [0, 0.05) is 11.1 Å². The summed E-state index contributed by atoms with van der Waals surface area (Å²) in [5.41, 5.74) is 2.54. The van der Waals surface area contributed by atoms with Crippen LogP contribution in [0.4, 0.5) is 0 Å². The second-order valence-electron chi connectivity index (χ2n) is 3.42. The van der Waals surface area contributed by atoms with Gasteiger partial charge in [0.05, 0.1) is 11.8 Å². The normalized spacial score (nSPS) is 10.9. The van der Waals surface area contributed by atoms with Crippen LogP contribution in [0.2, 0.25) is 0 Å². The second-order valence-corrected chi connectivity index (χ2v) is 4.33. The van der Waals surface area contributed by atoms with E-state index in [2.05, 4.69) is 30.3 Å². The molecule has 0 saturated carbocycles. The van der Waals surface area contributed by atoms with Crippen LogP contribution in [0.25, 0.3) is 10.1 Å². The van der Waals surface area contributed by atoms with Crippen molar-refractivity contribution in [2.75, 3.05) is 7.11 Å². The third-order valence-corrected chi connectivity index (χ3v) is 3.55. The molecular formula is C12H15NOS. The van der Waals surface area contributed by atoms with Gasteiger partial charge < -0.3 is 4.74 Å². The molecule has 0 saturated heterocycles. The number of nitrogens with zero attached hydrogens (tertiary/aromatic N) is 1. The third kappa shape index (κ3) is 1.61.